The molecule has 4 aromatic rings. The van der Waals surface area contributed by atoms with Crippen LogP contribution in [0.2, 0.25) is 0 Å². The Balaban J connectivity index is 1.51. The van der Waals surface area contributed by atoms with Gasteiger partial charge >= 0.3 is 0 Å². The van der Waals surface area contributed by atoms with Gasteiger partial charge in [-0.15, -0.1) is 11.3 Å². The van der Waals surface area contributed by atoms with Gasteiger partial charge in [0, 0.05) is 47.8 Å². The molecule has 32 heavy (non-hydrogen) atoms. The number of hydrogen-bond donors (Lipinski definition) is 0. The maximum absolute atomic E-state index is 14.2. The van der Waals surface area contributed by atoms with Crippen molar-refractivity contribution in [1.29, 1.82) is 0 Å². The molecule has 3 aromatic heterocycles. The maximum Gasteiger partial charge on any atom is 0.276 e. The minimum Gasteiger partial charge on any atom is -0.355 e. The number of carbonyl (C=O) groups is 1. The molecule has 0 bridgehead atoms. The molecular formula is C23H20F2N4O2S. The molecule has 0 N–H and O–H groups in total. The second kappa shape index (κ2) is 7.37. The van der Waals surface area contributed by atoms with Crippen LogP contribution in [0.5, 0.6) is 0 Å². The van der Waals surface area contributed by atoms with Gasteiger partial charge in [0.2, 0.25) is 0 Å². The number of carbonyl (C=O) groups excluding carboxylic acids is 1. The van der Waals surface area contributed by atoms with Crippen molar-refractivity contribution < 1.29 is 18.1 Å². The van der Waals surface area contributed by atoms with E-state index in [1.165, 1.54) is 17.7 Å². The zero-order valence-electron chi connectivity index (χ0n) is 17.7. The Bertz CT molecular complexity index is 1330. The van der Waals surface area contributed by atoms with Crippen molar-refractivity contribution in [3.8, 4) is 11.3 Å². The monoisotopic (exact) mass is 454 g/mol. The van der Waals surface area contributed by atoms with Crippen molar-refractivity contribution >= 4 is 17.2 Å². The van der Waals surface area contributed by atoms with Crippen molar-refractivity contribution in [3.63, 3.8) is 0 Å². The summed E-state index contributed by atoms with van der Waals surface area (Å²) in [6.45, 7) is 4.51. The number of nitrogens with zero attached hydrogens (tertiary/aromatic N) is 4. The Hall–Kier alpha value is -3.33. The molecule has 9 heteroatoms. The third-order valence-electron chi connectivity index (χ3n) is 6.15. The van der Waals surface area contributed by atoms with Crippen LogP contribution in [-0.2, 0) is 12.5 Å². The van der Waals surface area contributed by atoms with Gasteiger partial charge in [0.1, 0.15) is 11.6 Å². The summed E-state index contributed by atoms with van der Waals surface area (Å²) in [4.78, 5) is 16.3. The minimum absolute atomic E-state index is 0.0467. The summed E-state index contributed by atoms with van der Waals surface area (Å²) in [5, 5.41) is 10.3. The Morgan fingerprint density at radius 2 is 2.09 bits per heavy atom. The second-order valence-electron chi connectivity index (χ2n) is 8.24. The van der Waals surface area contributed by atoms with Gasteiger partial charge in [-0.2, -0.15) is 5.10 Å². The fourth-order valence-electron chi connectivity index (χ4n) is 4.34. The van der Waals surface area contributed by atoms with Crippen LogP contribution in [0.15, 0.2) is 52.6 Å². The Kier molecular flexibility index (Phi) is 4.74. The summed E-state index contributed by atoms with van der Waals surface area (Å²) >= 11 is 1.61. The molecule has 6 nitrogen and oxygen atoms in total. The summed E-state index contributed by atoms with van der Waals surface area (Å²) < 4.78 is 34.4. The normalized spacial score (nSPS) is 20.4. The zero-order valence-corrected chi connectivity index (χ0v) is 18.5. The summed E-state index contributed by atoms with van der Waals surface area (Å²) in [6, 6.07) is 6.51. The molecule has 0 fully saturated rings. The molecule has 0 unspecified atom stereocenters. The molecule has 0 spiro atoms. The lowest BCUT2D eigenvalue weighted by atomic mass is 9.74. The van der Waals surface area contributed by atoms with Crippen molar-refractivity contribution in [2.45, 2.75) is 25.3 Å². The van der Waals surface area contributed by atoms with Crippen LogP contribution in [0.4, 0.5) is 8.78 Å². The van der Waals surface area contributed by atoms with Gasteiger partial charge in [-0.25, -0.2) is 8.78 Å². The molecule has 0 saturated heterocycles. The van der Waals surface area contributed by atoms with Crippen molar-refractivity contribution in [2.75, 3.05) is 6.54 Å². The van der Waals surface area contributed by atoms with Crippen LogP contribution in [-0.4, -0.2) is 32.3 Å². The first-order valence-corrected chi connectivity index (χ1v) is 11.0. The van der Waals surface area contributed by atoms with Crippen LogP contribution in [0.1, 0.15) is 46.4 Å². The number of rotatable bonds is 3. The third kappa shape index (κ3) is 3.15. The van der Waals surface area contributed by atoms with E-state index in [0.29, 0.717) is 6.54 Å². The fourth-order valence-corrected chi connectivity index (χ4v) is 5.44. The van der Waals surface area contributed by atoms with E-state index in [4.69, 9.17) is 4.52 Å². The summed E-state index contributed by atoms with van der Waals surface area (Å²) in [5.41, 5.74) is 1.87. The van der Waals surface area contributed by atoms with Gasteiger partial charge in [-0.05, 0) is 43.0 Å². The quantitative estimate of drug-likeness (QED) is 0.440. The average molecular weight is 455 g/mol. The first-order chi connectivity index (χ1) is 15.3. The van der Waals surface area contributed by atoms with Crippen LogP contribution < -0.4 is 0 Å². The van der Waals surface area contributed by atoms with Gasteiger partial charge in [0.25, 0.3) is 5.91 Å². The fraction of sp³-hybridized carbons (Fsp3) is 0.261. The highest BCUT2D eigenvalue weighted by Crippen LogP contribution is 2.46. The van der Waals surface area contributed by atoms with Gasteiger partial charge in [0.15, 0.2) is 11.5 Å². The standard InChI is InChI=1S/C23H20F2N4O2S/c1-13-21-17(6-7-32-21)23(2,14-10-26-28(3)11-14)12-29(13)22(30)19-9-20(31-27-19)16-5-4-15(24)8-18(16)25/h4-11,13H,12H2,1-3H3/t13-,23-/m1/s1. The molecule has 1 aromatic carbocycles. The second-order valence-corrected chi connectivity index (χ2v) is 9.19. The van der Waals surface area contributed by atoms with Gasteiger partial charge in [-0.1, -0.05) is 5.16 Å². The zero-order chi connectivity index (χ0) is 22.6. The number of benzene rings is 1. The molecule has 0 radical (unpaired) electrons. The molecule has 164 valence electrons. The Morgan fingerprint density at radius 3 is 2.81 bits per heavy atom. The molecule has 2 atom stereocenters. The maximum atomic E-state index is 14.2. The number of fused-ring (bicyclic) bond motifs is 1. The highest BCUT2D eigenvalue weighted by Gasteiger charge is 2.44. The number of thiophene rings is 1. The van der Waals surface area contributed by atoms with E-state index < -0.39 is 17.0 Å². The van der Waals surface area contributed by atoms with E-state index in [0.717, 1.165) is 22.6 Å². The number of aromatic nitrogens is 3. The van der Waals surface area contributed by atoms with Gasteiger partial charge in [0.05, 0.1) is 17.8 Å². The first kappa shape index (κ1) is 20.6. The highest BCUT2D eigenvalue weighted by molar-refractivity contribution is 7.10. The number of hydrogen-bond acceptors (Lipinski definition) is 5. The van der Waals surface area contributed by atoms with E-state index >= 15 is 0 Å². The number of aryl methyl sites for hydroxylation is 1. The molecular weight excluding hydrogens is 434 g/mol. The third-order valence-corrected chi connectivity index (χ3v) is 7.24. The topological polar surface area (TPSA) is 64.2 Å². The van der Waals surface area contributed by atoms with Crippen LogP contribution in [0.3, 0.4) is 0 Å². The van der Waals surface area contributed by atoms with Crippen molar-refractivity contribution in [3.05, 3.63) is 81.4 Å². The summed E-state index contributed by atoms with van der Waals surface area (Å²) in [7, 11) is 1.86. The summed E-state index contributed by atoms with van der Waals surface area (Å²) in [5.74, 6) is -1.71. The van der Waals surface area contributed by atoms with Crippen LogP contribution in [0.25, 0.3) is 11.3 Å². The van der Waals surface area contributed by atoms with E-state index in [2.05, 4.69) is 23.2 Å². The van der Waals surface area contributed by atoms with Gasteiger partial charge < -0.3 is 9.42 Å². The summed E-state index contributed by atoms with van der Waals surface area (Å²) in [6.07, 6.45) is 3.79. The Morgan fingerprint density at radius 1 is 1.28 bits per heavy atom. The van der Waals surface area contributed by atoms with E-state index in [1.54, 1.807) is 20.9 Å². The molecule has 0 saturated carbocycles. The number of amides is 1. The van der Waals surface area contributed by atoms with E-state index in [1.807, 2.05) is 31.7 Å². The lowest BCUT2D eigenvalue weighted by Crippen LogP contribution is -2.48. The predicted octanol–water partition coefficient (Wildman–Crippen LogP) is 4.94. The smallest absolute Gasteiger partial charge is 0.276 e. The molecule has 1 aliphatic rings. The van der Waals surface area contributed by atoms with E-state index in [9.17, 15) is 13.6 Å². The largest absolute Gasteiger partial charge is 0.355 e. The average Bonchev–Trinajstić information content (AvgIpc) is 3.51. The van der Waals surface area contributed by atoms with Crippen molar-refractivity contribution in [1.82, 2.24) is 19.8 Å². The van der Waals surface area contributed by atoms with Crippen molar-refractivity contribution in [2.24, 2.45) is 7.05 Å². The lowest BCUT2D eigenvalue weighted by Gasteiger charge is -2.43. The molecule has 1 amide bonds. The highest BCUT2D eigenvalue weighted by atomic mass is 32.1. The molecule has 1 aliphatic heterocycles. The SMILES string of the molecule is C[C@@H]1c2sccc2[C@@](C)(c2cnn(C)c2)CN1C(=O)c1cc(-c2ccc(F)cc2F)on1. The van der Waals surface area contributed by atoms with Crippen LogP contribution in [0, 0.1) is 11.6 Å². The number of halogens is 2. The molecule has 5 rings (SSSR count). The first-order valence-electron chi connectivity index (χ1n) is 10.1. The van der Waals surface area contributed by atoms with Crippen LogP contribution >= 0.6 is 11.3 Å². The minimum atomic E-state index is -0.779. The van der Waals surface area contributed by atoms with Gasteiger partial charge in [-0.3, -0.25) is 9.48 Å². The predicted molar refractivity (Wildman–Crippen MR) is 115 cm³/mol. The Labute approximate surface area is 187 Å². The molecule has 4 heterocycles. The lowest BCUT2D eigenvalue weighted by molar-refractivity contribution is 0.0622. The van der Waals surface area contributed by atoms with E-state index in [-0.39, 0.29) is 29.0 Å². The molecule has 0 aliphatic carbocycles.